The van der Waals surface area contributed by atoms with E-state index < -0.39 is 0 Å². The molecule has 32 heavy (non-hydrogen) atoms. The van der Waals surface area contributed by atoms with Crippen molar-refractivity contribution < 1.29 is 14.7 Å². The number of hydrogen-bond donors (Lipinski definition) is 4. The minimum Gasteiger partial charge on any atom is -0.396 e. The molecule has 180 valence electrons. The third-order valence-corrected chi connectivity index (χ3v) is 5.19. The zero-order chi connectivity index (χ0) is 22.6. The van der Waals surface area contributed by atoms with Crippen LogP contribution < -0.4 is 16.0 Å². The number of piperazine rings is 1. The molecular formula is C23H38IN5O3. The highest BCUT2D eigenvalue weighted by Crippen LogP contribution is 2.14. The number of hydrogen-bond acceptors (Lipinski definition) is 4. The summed E-state index contributed by atoms with van der Waals surface area (Å²) in [6, 6.07) is 7.38. The SMILES string of the molecule is CCNC(=NCc1ccc(C(=O)N2CCNC(=O)C2)cc1)NCC(CCO)CC(C)C.I. The molecule has 8 nitrogen and oxygen atoms in total. The summed E-state index contributed by atoms with van der Waals surface area (Å²) in [4.78, 5) is 30.3. The fourth-order valence-corrected chi connectivity index (χ4v) is 3.65. The predicted octanol–water partition coefficient (Wildman–Crippen LogP) is 1.98. The van der Waals surface area contributed by atoms with E-state index in [1.807, 2.05) is 19.1 Å². The summed E-state index contributed by atoms with van der Waals surface area (Å²) in [7, 11) is 0. The molecule has 0 aromatic heterocycles. The molecule has 0 radical (unpaired) electrons. The van der Waals surface area contributed by atoms with Gasteiger partial charge in [0.1, 0.15) is 0 Å². The molecule has 0 aliphatic carbocycles. The van der Waals surface area contributed by atoms with Gasteiger partial charge in [-0.15, -0.1) is 24.0 Å². The van der Waals surface area contributed by atoms with Crippen LogP contribution in [0.3, 0.4) is 0 Å². The molecule has 1 saturated heterocycles. The largest absolute Gasteiger partial charge is 0.396 e. The minimum atomic E-state index is -0.125. The number of guanidine groups is 1. The van der Waals surface area contributed by atoms with Gasteiger partial charge in [-0.2, -0.15) is 0 Å². The lowest BCUT2D eigenvalue weighted by Crippen LogP contribution is -2.49. The van der Waals surface area contributed by atoms with Gasteiger partial charge in [0.15, 0.2) is 5.96 Å². The van der Waals surface area contributed by atoms with Gasteiger partial charge in [-0.25, -0.2) is 4.99 Å². The molecule has 2 rings (SSSR count). The van der Waals surface area contributed by atoms with Gasteiger partial charge in [-0.05, 0) is 49.3 Å². The van der Waals surface area contributed by atoms with Crippen molar-refractivity contribution in [3.05, 3.63) is 35.4 Å². The number of nitrogens with zero attached hydrogens (tertiary/aromatic N) is 2. The van der Waals surface area contributed by atoms with Crippen molar-refractivity contribution >= 4 is 41.8 Å². The van der Waals surface area contributed by atoms with E-state index in [4.69, 9.17) is 0 Å². The molecule has 9 heteroatoms. The van der Waals surface area contributed by atoms with Crippen molar-refractivity contribution in [1.29, 1.82) is 0 Å². The van der Waals surface area contributed by atoms with Gasteiger partial charge < -0.3 is 26.0 Å². The molecule has 0 bridgehead atoms. The van der Waals surface area contributed by atoms with Crippen LogP contribution in [0, 0.1) is 11.8 Å². The highest BCUT2D eigenvalue weighted by atomic mass is 127. The lowest BCUT2D eigenvalue weighted by molar-refractivity contribution is -0.123. The normalized spacial score (nSPS) is 15.1. The van der Waals surface area contributed by atoms with Gasteiger partial charge >= 0.3 is 0 Å². The van der Waals surface area contributed by atoms with Crippen LogP contribution in [0.4, 0.5) is 0 Å². The van der Waals surface area contributed by atoms with Gasteiger partial charge in [-0.1, -0.05) is 26.0 Å². The summed E-state index contributed by atoms with van der Waals surface area (Å²) in [5.74, 6) is 1.48. The Morgan fingerprint density at radius 2 is 1.97 bits per heavy atom. The molecule has 0 saturated carbocycles. The highest BCUT2D eigenvalue weighted by molar-refractivity contribution is 14.0. The Kier molecular flexibility index (Phi) is 13.2. The number of rotatable bonds is 10. The number of aliphatic imine (C=N–C) groups is 1. The van der Waals surface area contributed by atoms with Crippen molar-refractivity contribution in [3.63, 3.8) is 0 Å². The van der Waals surface area contributed by atoms with Crippen LogP contribution in [-0.4, -0.2) is 67.1 Å². The van der Waals surface area contributed by atoms with Crippen LogP contribution in [0.15, 0.2) is 29.3 Å². The second-order valence-corrected chi connectivity index (χ2v) is 8.36. The van der Waals surface area contributed by atoms with E-state index in [1.54, 1.807) is 17.0 Å². The van der Waals surface area contributed by atoms with Crippen LogP contribution in [0.2, 0.25) is 0 Å². The molecule has 4 N–H and O–H groups in total. The molecular weight excluding hydrogens is 521 g/mol. The second-order valence-electron chi connectivity index (χ2n) is 8.36. The molecule has 1 aromatic carbocycles. The van der Waals surface area contributed by atoms with Gasteiger partial charge in [0.2, 0.25) is 5.91 Å². The molecule has 1 unspecified atom stereocenters. The summed E-state index contributed by atoms with van der Waals surface area (Å²) in [5, 5.41) is 18.7. The number of aliphatic hydroxyl groups excluding tert-OH is 1. The standard InChI is InChI=1S/C23H37N5O3.HI/c1-4-24-23(27-15-19(9-12-29)13-17(2)3)26-14-18-5-7-20(8-6-18)22(31)28-11-10-25-21(30)16-28;/h5-8,17,19,29H,4,9-16H2,1-3H3,(H,25,30)(H2,24,26,27);1H. The van der Waals surface area contributed by atoms with Gasteiger partial charge in [0.25, 0.3) is 5.91 Å². The molecule has 1 aliphatic rings. The Balaban J connectivity index is 0.00000512. The lowest BCUT2D eigenvalue weighted by Gasteiger charge is -2.26. The highest BCUT2D eigenvalue weighted by Gasteiger charge is 2.22. The zero-order valence-corrected chi connectivity index (χ0v) is 21.7. The first kappa shape index (κ1) is 28.2. The number of amides is 2. The molecule has 1 aliphatic heterocycles. The number of halogens is 1. The Morgan fingerprint density at radius 3 is 2.56 bits per heavy atom. The van der Waals surface area contributed by atoms with Crippen molar-refractivity contribution in [2.45, 2.75) is 40.2 Å². The number of carbonyl (C=O) groups excluding carboxylic acids is 2. The van der Waals surface area contributed by atoms with Crippen LogP contribution in [0.5, 0.6) is 0 Å². The average Bonchev–Trinajstić information content (AvgIpc) is 2.75. The maximum Gasteiger partial charge on any atom is 0.254 e. The molecule has 1 fully saturated rings. The van der Waals surface area contributed by atoms with Crippen LogP contribution in [0.25, 0.3) is 0 Å². The van der Waals surface area contributed by atoms with Crippen molar-refractivity contribution in [3.8, 4) is 0 Å². The van der Waals surface area contributed by atoms with Gasteiger partial charge in [-0.3, -0.25) is 9.59 Å². The number of aliphatic hydroxyl groups is 1. The minimum absolute atomic E-state index is 0. The number of carbonyl (C=O) groups is 2. The Labute approximate surface area is 208 Å². The van der Waals surface area contributed by atoms with E-state index >= 15 is 0 Å². The Morgan fingerprint density at radius 1 is 1.25 bits per heavy atom. The van der Waals surface area contributed by atoms with Crippen molar-refractivity contribution in [2.24, 2.45) is 16.8 Å². The van der Waals surface area contributed by atoms with Crippen LogP contribution >= 0.6 is 24.0 Å². The first-order valence-corrected chi connectivity index (χ1v) is 11.2. The van der Waals surface area contributed by atoms with E-state index in [0.29, 0.717) is 37.0 Å². The Hall–Kier alpha value is -1.88. The topological polar surface area (TPSA) is 106 Å². The average molecular weight is 559 g/mol. The maximum atomic E-state index is 12.6. The summed E-state index contributed by atoms with van der Waals surface area (Å²) in [6.07, 6.45) is 1.83. The molecule has 0 spiro atoms. The van der Waals surface area contributed by atoms with Crippen molar-refractivity contribution in [2.75, 3.05) is 39.3 Å². The van der Waals surface area contributed by atoms with E-state index in [0.717, 1.165) is 37.5 Å². The first-order valence-electron chi connectivity index (χ1n) is 11.2. The molecule has 2 amide bonds. The quantitative estimate of drug-likeness (QED) is 0.199. The van der Waals surface area contributed by atoms with Crippen LogP contribution in [0.1, 0.15) is 49.5 Å². The third-order valence-electron chi connectivity index (χ3n) is 5.19. The fraction of sp³-hybridized carbons (Fsp3) is 0.609. The number of benzene rings is 1. The molecule has 1 atom stereocenters. The number of nitrogens with one attached hydrogen (secondary N) is 3. The predicted molar refractivity (Wildman–Crippen MR) is 138 cm³/mol. The van der Waals surface area contributed by atoms with E-state index in [1.165, 1.54) is 0 Å². The summed E-state index contributed by atoms with van der Waals surface area (Å²) in [5.41, 5.74) is 1.58. The van der Waals surface area contributed by atoms with E-state index in [-0.39, 0.29) is 48.9 Å². The second kappa shape index (κ2) is 15.0. The van der Waals surface area contributed by atoms with E-state index in [2.05, 4.69) is 34.8 Å². The molecule has 1 aromatic rings. The summed E-state index contributed by atoms with van der Waals surface area (Å²) in [6.45, 7) is 9.75. The fourth-order valence-electron chi connectivity index (χ4n) is 3.65. The monoisotopic (exact) mass is 559 g/mol. The van der Waals surface area contributed by atoms with Gasteiger partial charge in [0.05, 0.1) is 13.1 Å². The first-order chi connectivity index (χ1) is 14.9. The third kappa shape index (κ3) is 9.72. The Bertz CT molecular complexity index is 740. The summed E-state index contributed by atoms with van der Waals surface area (Å²) >= 11 is 0. The van der Waals surface area contributed by atoms with Crippen LogP contribution in [-0.2, 0) is 11.3 Å². The zero-order valence-electron chi connectivity index (χ0n) is 19.4. The van der Waals surface area contributed by atoms with Crippen molar-refractivity contribution in [1.82, 2.24) is 20.9 Å². The smallest absolute Gasteiger partial charge is 0.254 e. The van der Waals surface area contributed by atoms with Gasteiger partial charge in [0, 0.05) is 38.3 Å². The molecule has 1 heterocycles. The van der Waals surface area contributed by atoms with E-state index in [9.17, 15) is 14.7 Å². The lowest BCUT2D eigenvalue weighted by atomic mass is 9.94. The summed E-state index contributed by atoms with van der Waals surface area (Å²) < 4.78 is 0. The maximum absolute atomic E-state index is 12.6.